The zero-order valence-corrected chi connectivity index (χ0v) is 24.6. The second-order valence-corrected chi connectivity index (χ2v) is 9.64. The maximum Gasteiger partial charge on any atom is 0.338 e. The van der Waals surface area contributed by atoms with Crippen LogP contribution in [0, 0.1) is 0 Å². The van der Waals surface area contributed by atoms with Crippen LogP contribution in [0.3, 0.4) is 0 Å². The third-order valence-corrected chi connectivity index (χ3v) is 6.63. The first-order chi connectivity index (χ1) is 20.8. The Morgan fingerprint density at radius 2 is 1.86 bits per heavy atom. The number of methoxy groups -OCH3 is 1. The van der Waals surface area contributed by atoms with Crippen LogP contribution in [-0.4, -0.2) is 44.4 Å². The van der Waals surface area contributed by atoms with E-state index in [-0.39, 0.29) is 24.5 Å². The number of ether oxygens (including phenoxy) is 4. The highest BCUT2D eigenvalue weighted by Gasteiger charge is 2.32. The number of allylic oxidation sites excluding steroid dienone is 1. The van der Waals surface area contributed by atoms with E-state index in [4.69, 9.17) is 30.5 Å². The molecular weight excluding hydrogens is 576 g/mol. The van der Waals surface area contributed by atoms with Crippen molar-refractivity contribution < 1.29 is 33.3 Å². The molecule has 3 N–H and O–H groups in total. The van der Waals surface area contributed by atoms with Gasteiger partial charge in [-0.25, -0.2) is 15.0 Å². The minimum atomic E-state index is -0.770. The molecule has 0 spiro atoms. The Balaban J connectivity index is 1.34. The van der Waals surface area contributed by atoms with Gasteiger partial charge in [0.2, 0.25) is 0 Å². The molecule has 0 aliphatic carbocycles. The number of hydrogen-bond donors (Lipinski definition) is 3. The maximum atomic E-state index is 12.6. The Morgan fingerprint density at radius 1 is 1.05 bits per heavy atom. The number of nitrogens with one attached hydrogen (secondary N) is 3. The molecule has 1 heterocycles. The van der Waals surface area contributed by atoms with Gasteiger partial charge in [0, 0.05) is 16.3 Å². The van der Waals surface area contributed by atoms with E-state index in [1.165, 1.54) is 13.3 Å². The average molecular weight is 607 g/mol. The smallest absolute Gasteiger partial charge is 0.338 e. The second kappa shape index (κ2) is 14.7. The van der Waals surface area contributed by atoms with E-state index in [2.05, 4.69) is 21.2 Å². The molecule has 43 heavy (non-hydrogen) atoms. The van der Waals surface area contributed by atoms with Gasteiger partial charge in [0.05, 0.1) is 31.5 Å². The van der Waals surface area contributed by atoms with Crippen LogP contribution in [0.5, 0.6) is 17.2 Å². The second-order valence-electron chi connectivity index (χ2n) is 9.24. The maximum absolute atomic E-state index is 12.6. The highest BCUT2D eigenvalue weighted by molar-refractivity contribution is 6.31. The molecule has 1 aliphatic rings. The Hall–Kier alpha value is -5.03. The monoisotopic (exact) mass is 606 g/mol. The number of urea groups is 1. The van der Waals surface area contributed by atoms with Gasteiger partial charge in [-0.05, 0) is 55.3 Å². The Bertz CT molecular complexity index is 1560. The van der Waals surface area contributed by atoms with Gasteiger partial charge < -0.3 is 29.6 Å². The molecule has 12 heteroatoms. The van der Waals surface area contributed by atoms with Gasteiger partial charge >= 0.3 is 12.0 Å². The number of carbonyl (C=O) groups excluding carboxylic acids is 3. The molecule has 0 fully saturated rings. The van der Waals surface area contributed by atoms with E-state index in [1.54, 1.807) is 44.2 Å². The van der Waals surface area contributed by atoms with Crippen molar-refractivity contribution in [1.29, 1.82) is 0 Å². The van der Waals surface area contributed by atoms with Crippen LogP contribution < -0.4 is 30.3 Å². The van der Waals surface area contributed by atoms with Gasteiger partial charge in [-0.1, -0.05) is 48.0 Å². The molecule has 3 aromatic carbocycles. The van der Waals surface area contributed by atoms with Crippen molar-refractivity contribution >= 4 is 35.7 Å². The molecule has 0 aromatic heterocycles. The van der Waals surface area contributed by atoms with Crippen LogP contribution in [0.25, 0.3) is 0 Å². The molecule has 0 bridgehead atoms. The quantitative estimate of drug-likeness (QED) is 0.155. The first kappa shape index (κ1) is 30.9. The summed E-state index contributed by atoms with van der Waals surface area (Å²) < 4.78 is 22.1. The fourth-order valence-electron chi connectivity index (χ4n) is 4.22. The van der Waals surface area contributed by atoms with E-state index in [9.17, 15) is 14.4 Å². The van der Waals surface area contributed by atoms with Crippen molar-refractivity contribution in [1.82, 2.24) is 16.1 Å². The SMILES string of the molecule is CCOC(=O)C1=C(C)NC(=O)N[C@@H]1c1ccc(OCC(=O)N/N=C/c2cccc(OCc3ccccc3Cl)c2)c(OC)c1. The number of carbonyl (C=O) groups is 3. The summed E-state index contributed by atoms with van der Waals surface area (Å²) in [5.74, 6) is 0.161. The molecule has 1 aliphatic heterocycles. The number of nitrogens with zero attached hydrogens (tertiary/aromatic N) is 1. The first-order valence-electron chi connectivity index (χ1n) is 13.3. The highest BCUT2D eigenvalue weighted by atomic mass is 35.5. The fraction of sp³-hybridized carbons (Fsp3) is 0.226. The number of benzene rings is 3. The van der Waals surface area contributed by atoms with Gasteiger partial charge in [-0.2, -0.15) is 5.10 Å². The summed E-state index contributed by atoms with van der Waals surface area (Å²) in [4.78, 5) is 37.1. The molecule has 0 radical (unpaired) electrons. The summed E-state index contributed by atoms with van der Waals surface area (Å²) in [6.07, 6.45) is 1.49. The highest BCUT2D eigenvalue weighted by Crippen LogP contribution is 2.34. The van der Waals surface area contributed by atoms with Gasteiger partial charge in [0.15, 0.2) is 18.1 Å². The van der Waals surface area contributed by atoms with Crippen molar-refractivity contribution in [3.05, 3.63) is 99.7 Å². The normalized spacial score (nSPS) is 14.5. The lowest BCUT2D eigenvalue weighted by atomic mass is 9.95. The molecule has 1 atom stereocenters. The lowest BCUT2D eigenvalue weighted by Crippen LogP contribution is -2.45. The molecule has 0 saturated carbocycles. The number of hydrazone groups is 1. The van der Waals surface area contributed by atoms with Gasteiger partial charge in [0.1, 0.15) is 12.4 Å². The lowest BCUT2D eigenvalue weighted by Gasteiger charge is -2.28. The van der Waals surface area contributed by atoms with E-state index in [1.807, 2.05) is 36.4 Å². The molecule has 0 saturated heterocycles. The summed E-state index contributed by atoms with van der Waals surface area (Å²) in [7, 11) is 1.44. The number of hydrogen-bond acceptors (Lipinski definition) is 8. The van der Waals surface area contributed by atoms with Crippen LogP contribution >= 0.6 is 11.6 Å². The van der Waals surface area contributed by atoms with E-state index in [0.29, 0.717) is 40.0 Å². The van der Waals surface area contributed by atoms with Crippen LogP contribution in [0.15, 0.2) is 83.1 Å². The van der Waals surface area contributed by atoms with Crippen LogP contribution in [0.1, 0.15) is 36.6 Å². The molecule has 11 nitrogen and oxygen atoms in total. The topological polar surface area (TPSA) is 137 Å². The van der Waals surface area contributed by atoms with Crippen molar-refractivity contribution in [3.63, 3.8) is 0 Å². The lowest BCUT2D eigenvalue weighted by molar-refractivity contribution is -0.139. The Labute approximate surface area is 253 Å². The van der Waals surface area contributed by atoms with Crippen molar-refractivity contribution in [2.75, 3.05) is 20.3 Å². The minimum Gasteiger partial charge on any atom is -0.493 e. The third-order valence-electron chi connectivity index (χ3n) is 6.26. The summed E-state index contributed by atoms with van der Waals surface area (Å²) in [6.45, 7) is 3.48. The van der Waals surface area contributed by atoms with Crippen molar-refractivity contribution in [2.45, 2.75) is 26.5 Å². The number of halogens is 1. The first-order valence-corrected chi connectivity index (χ1v) is 13.7. The van der Waals surface area contributed by atoms with E-state index >= 15 is 0 Å². The van der Waals surface area contributed by atoms with Gasteiger partial charge in [-0.15, -0.1) is 0 Å². The molecular formula is C31H31ClN4O7. The molecule has 4 rings (SSSR count). The molecule has 224 valence electrons. The predicted octanol–water partition coefficient (Wildman–Crippen LogP) is 4.65. The van der Waals surface area contributed by atoms with Crippen molar-refractivity contribution in [2.24, 2.45) is 5.10 Å². The summed E-state index contributed by atoms with van der Waals surface area (Å²) in [6, 6.07) is 18.3. The molecule has 0 unspecified atom stereocenters. The zero-order valence-electron chi connectivity index (χ0n) is 23.8. The molecule has 3 amide bonds. The fourth-order valence-corrected chi connectivity index (χ4v) is 4.41. The summed E-state index contributed by atoms with van der Waals surface area (Å²) >= 11 is 6.18. The third kappa shape index (κ3) is 8.26. The van der Waals surface area contributed by atoms with Crippen LogP contribution in [0.2, 0.25) is 5.02 Å². The summed E-state index contributed by atoms with van der Waals surface area (Å²) in [5.41, 5.74) is 5.23. The Kier molecular flexibility index (Phi) is 10.6. The Morgan fingerprint density at radius 3 is 2.63 bits per heavy atom. The predicted molar refractivity (Wildman–Crippen MR) is 160 cm³/mol. The average Bonchev–Trinajstić information content (AvgIpc) is 2.99. The van der Waals surface area contributed by atoms with Crippen LogP contribution in [0.4, 0.5) is 4.79 Å². The number of rotatable bonds is 12. The zero-order chi connectivity index (χ0) is 30.8. The largest absolute Gasteiger partial charge is 0.493 e. The standard InChI is InChI=1S/C31H31ClN4O7/c1-4-41-30(38)28-19(2)34-31(39)35-29(28)21-12-13-25(26(15-21)40-3)43-18-27(37)36-33-16-20-8-7-10-23(14-20)42-17-22-9-5-6-11-24(22)32/h5-16,29H,4,17-18H2,1-3H3,(H,36,37)(H2,34,35,39)/b33-16+/t29-/m1/s1. The van der Waals surface area contributed by atoms with E-state index in [0.717, 1.165) is 5.56 Å². The van der Waals surface area contributed by atoms with E-state index < -0.39 is 23.9 Å². The summed E-state index contributed by atoms with van der Waals surface area (Å²) in [5, 5.41) is 9.94. The minimum absolute atomic E-state index is 0.184. The van der Waals surface area contributed by atoms with Gasteiger partial charge in [-0.3, -0.25) is 4.79 Å². The van der Waals surface area contributed by atoms with Crippen LogP contribution in [-0.2, 0) is 20.9 Å². The number of esters is 1. The number of amides is 3. The van der Waals surface area contributed by atoms with Gasteiger partial charge in [0.25, 0.3) is 5.91 Å². The van der Waals surface area contributed by atoms with Crippen molar-refractivity contribution in [3.8, 4) is 17.2 Å². The molecule has 3 aromatic rings.